The molecule has 0 spiro atoms. The molecule has 0 aliphatic rings. The first-order valence-corrected chi connectivity index (χ1v) is 9.35. The fraction of sp³-hybridized carbons (Fsp3) is 0.188. The fourth-order valence-electron chi connectivity index (χ4n) is 1.92. The van der Waals surface area contributed by atoms with Gasteiger partial charge in [-0.3, -0.25) is 4.79 Å². The van der Waals surface area contributed by atoms with Crippen LogP contribution in [0.3, 0.4) is 0 Å². The molecule has 0 fully saturated rings. The van der Waals surface area contributed by atoms with Crippen LogP contribution in [0.15, 0.2) is 57.9 Å². The van der Waals surface area contributed by atoms with Crippen molar-refractivity contribution >= 4 is 37.5 Å². The van der Waals surface area contributed by atoms with Gasteiger partial charge in [0.2, 0.25) is 10.0 Å². The summed E-state index contributed by atoms with van der Waals surface area (Å²) in [6.45, 7) is 0.469. The number of rotatable bonds is 7. The Hall–Kier alpha value is -1.74. The second-order valence-corrected chi connectivity index (χ2v) is 7.56. The second kappa shape index (κ2) is 8.39. The quantitative estimate of drug-likeness (QED) is 0.684. The van der Waals surface area contributed by atoms with Crippen molar-refractivity contribution in [3.05, 3.63) is 58.6 Å². The molecule has 8 heteroatoms. The molecule has 24 heavy (non-hydrogen) atoms. The van der Waals surface area contributed by atoms with E-state index in [1.54, 1.807) is 18.2 Å². The van der Waals surface area contributed by atoms with Crippen molar-refractivity contribution in [1.82, 2.24) is 4.72 Å². The molecule has 0 heterocycles. The summed E-state index contributed by atoms with van der Waals surface area (Å²) in [4.78, 5) is 12.3. The second-order valence-electron chi connectivity index (χ2n) is 4.88. The lowest BCUT2D eigenvalue weighted by Crippen LogP contribution is -2.27. The first-order chi connectivity index (χ1) is 11.4. The summed E-state index contributed by atoms with van der Waals surface area (Å²) in [5, 5.41) is 2.75. The molecule has 0 saturated carbocycles. The van der Waals surface area contributed by atoms with Gasteiger partial charge in [0.05, 0.1) is 11.5 Å². The van der Waals surface area contributed by atoms with Crippen LogP contribution < -0.4 is 10.0 Å². The zero-order valence-electron chi connectivity index (χ0n) is 13.0. The van der Waals surface area contributed by atoms with E-state index in [1.807, 2.05) is 6.07 Å². The van der Waals surface area contributed by atoms with Gasteiger partial charge in [-0.2, -0.15) is 0 Å². The Bertz CT molecular complexity index is 807. The van der Waals surface area contributed by atoms with Gasteiger partial charge in [0, 0.05) is 29.4 Å². The summed E-state index contributed by atoms with van der Waals surface area (Å²) in [6, 6.07) is 12.9. The maximum absolute atomic E-state index is 12.2. The molecule has 2 aromatic carbocycles. The highest BCUT2D eigenvalue weighted by Gasteiger charge is 2.14. The van der Waals surface area contributed by atoms with E-state index in [0.717, 1.165) is 4.47 Å². The topological polar surface area (TPSA) is 84.5 Å². The summed E-state index contributed by atoms with van der Waals surface area (Å²) in [5.41, 5.74) is 1.01. The highest BCUT2D eigenvalue weighted by atomic mass is 79.9. The Morgan fingerprint density at radius 2 is 1.88 bits per heavy atom. The van der Waals surface area contributed by atoms with Gasteiger partial charge >= 0.3 is 0 Å². The van der Waals surface area contributed by atoms with Crippen molar-refractivity contribution in [3.8, 4) is 0 Å². The Balaban J connectivity index is 2.07. The minimum Gasteiger partial charge on any atom is -0.383 e. The van der Waals surface area contributed by atoms with Crippen LogP contribution in [-0.4, -0.2) is 34.6 Å². The summed E-state index contributed by atoms with van der Waals surface area (Å²) >= 11 is 3.33. The highest BCUT2D eigenvalue weighted by Crippen LogP contribution is 2.17. The van der Waals surface area contributed by atoms with Crippen LogP contribution in [0.4, 0.5) is 5.69 Å². The number of anilines is 1. The molecule has 0 atom stereocenters. The molecule has 0 aliphatic carbocycles. The summed E-state index contributed by atoms with van der Waals surface area (Å²) in [5.74, 6) is -0.315. The van der Waals surface area contributed by atoms with Gasteiger partial charge < -0.3 is 10.1 Å². The zero-order chi connectivity index (χ0) is 17.6. The van der Waals surface area contributed by atoms with Crippen LogP contribution in [0.25, 0.3) is 0 Å². The number of nitrogens with one attached hydrogen (secondary N) is 2. The molecule has 2 rings (SSSR count). The standard InChI is InChI=1S/C16H17BrN2O4S/c1-23-10-9-18-24(21,22)15-7-5-12(6-8-15)16(20)19-14-4-2-3-13(17)11-14/h2-8,11,18H,9-10H2,1H3,(H,19,20). The normalized spacial score (nSPS) is 11.2. The molecular formula is C16H17BrN2O4S. The Morgan fingerprint density at radius 3 is 2.50 bits per heavy atom. The molecule has 0 aromatic heterocycles. The van der Waals surface area contributed by atoms with Gasteiger partial charge in [0.15, 0.2) is 0 Å². The smallest absolute Gasteiger partial charge is 0.255 e. The number of carbonyl (C=O) groups is 1. The number of amides is 1. The molecule has 0 radical (unpaired) electrons. The van der Waals surface area contributed by atoms with Crippen molar-refractivity contribution in [2.24, 2.45) is 0 Å². The van der Waals surface area contributed by atoms with E-state index in [0.29, 0.717) is 11.3 Å². The van der Waals surface area contributed by atoms with Crippen molar-refractivity contribution < 1.29 is 17.9 Å². The Morgan fingerprint density at radius 1 is 1.17 bits per heavy atom. The SMILES string of the molecule is COCCNS(=O)(=O)c1ccc(C(=O)Nc2cccc(Br)c2)cc1. The average Bonchev–Trinajstić information content (AvgIpc) is 2.55. The third-order valence-corrected chi connectivity index (χ3v) is 5.08. The molecule has 0 unspecified atom stereocenters. The van der Waals surface area contributed by atoms with Crippen LogP contribution in [0.1, 0.15) is 10.4 Å². The average molecular weight is 413 g/mol. The van der Waals surface area contributed by atoms with E-state index in [-0.39, 0.29) is 24.0 Å². The van der Waals surface area contributed by atoms with Gasteiger partial charge in [-0.05, 0) is 42.5 Å². The van der Waals surface area contributed by atoms with Gasteiger partial charge in [-0.25, -0.2) is 13.1 Å². The summed E-state index contributed by atoms with van der Waals surface area (Å²) < 4.78 is 32.2. The molecule has 2 N–H and O–H groups in total. The number of methoxy groups -OCH3 is 1. The lowest BCUT2D eigenvalue weighted by atomic mass is 10.2. The van der Waals surface area contributed by atoms with Gasteiger partial charge in [-0.15, -0.1) is 0 Å². The molecule has 0 saturated heterocycles. The van der Waals surface area contributed by atoms with Crippen LogP contribution in [0.2, 0.25) is 0 Å². The maximum atomic E-state index is 12.2. The largest absolute Gasteiger partial charge is 0.383 e. The van der Waals surface area contributed by atoms with E-state index in [1.165, 1.54) is 31.4 Å². The van der Waals surface area contributed by atoms with E-state index < -0.39 is 10.0 Å². The van der Waals surface area contributed by atoms with Crippen molar-refractivity contribution in [2.75, 3.05) is 25.6 Å². The number of benzene rings is 2. The zero-order valence-corrected chi connectivity index (χ0v) is 15.4. The third kappa shape index (κ3) is 5.13. The monoisotopic (exact) mass is 412 g/mol. The maximum Gasteiger partial charge on any atom is 0.255 e. The predicted molar refractivity (Wildman–Crippen MR) is 95.6 cm³/mol. The van der Waals surface area contributed by atoms with Crippen LogP contribution in [-0.2, 0) is 14.8 Å². The fourth-order valence-corrected chi connectivity index (χ4v) is 3.33. The molecule has 6 nitrogen and oxygen atoms in total. The number of ether oxygens (including phenoxy) is 1. The third-order valence-electron chi connectivity index (χ3n) is 3.11. The summed E-state index contributed by atoms with van der Waals surface area (Å²) in [6.07, 6.45) is 0. The predicted octanol–water partition coefficient (Wildman–Crippen LogP) is 2.63. The molecule has 1 amide bonds. The van der Waals surface area contributed by atoms with Gasteiger partial charge in [0.25, 0.3) is 5.91 Å². The Kier molecular flexibility index (Phi) is 6.50. The van der Waals surface area contributed by atoms with E-state index in [2.05, 4.69) is 26.0 Å². The molecule has 2 aromatic rings. The van der Waals surface area contributed by atoms with Crippen LogP contribution >= 0.6 is 15.9 Å². The first kappa shape index (κ1) is 18.6. The lowest BCUT2D eigenvalue weighted by Gasteiger charge is -2.08. The minimum atomic E-state index is -3.61. The van der Waals surface area contributed by atoms with Gasteiger partial charge in [0.1, 0.15) is 0 Å². The lowest BCUT2D eigenvalue weighted by molar-refractivity contribution is 0.102. The van der Waals surface area contributed by atoms with Crippen molar-refractivity contribution in [3.63, 3.8) is 0 Å². The number of hydrogen-bond acceptors (Lipinski definition) is 4. The van der Waals surface area contributed by atoms with E-state index in [4.69, 9.17) is 4.74 Å². The molecular weight excluding hydrogens is 396 g/mol. The van der Waals surface area contributed by atoms with Crippen LogP contribution in [0, 0.1) is 0 Å². The van der Waals surface area contributed by atoms with Gasteiger partial charge in [-0.1, -0.05) is 22.0 Å². The van der Waals surface area contributed by atoms with Crippen molar-refractivity contribution in [2.45, 2.75) is 4.90 Å². The minimum absolute atomic E-state index is 0.0950. The van der Waals surface area contributed by atoms with E-state index in [9.17, 15) is 13.2 Å². The number of halogens is 1. The Labute approximate surface area is 149 Å². The number of sulfonamides is 1. The molecule has 128 valence electrons. The van der Waals surface area contributed by atoms with E-state index >= 15 is 0 Å². The number of hydrogen-bond donors (Lipinski definition) is 2. The number of carbonyl (C=O) groups excluding carboxylic acids is 1. The van der Waals surface area contributed by atoms with Crippen LogP contribution in [0.5, 0.6) is 0 Å². The molecule has 0 aliphatic heterocycles. The summed E-state index contributed by atoms with van der Waals surface area (Å²) in [7, 11) is -2.11. The molecule has 0 bridgehead atoms. The van der Waals surface area contributed by atoms with Crippen molar-refractivity contribution in [1.29, 1.82) is 0 Å². The highest BCUT2D eigenvalue weighted by molar-refractivity contribution is 9.10. The first-order valence-electron chi connectivity index (χ1n) is 7.08.